The highest BCUT2D eigenvalue weighted by molar-refractivity contribution is 7.91. The molecule has 1 N–H and O–H groups in total. The number of benzene rings is 2. The smallest absolute Gasteiger partial charge is 0.183 e. The summed E-state index contributed by atoms with van der Waals surface area (Å²) in [5.41, 5.74) is 0.895. The molecular formula is C15H15Cl2NO2S. The van der Waals surface area contributed by atoms with Gasteiger partial charge in [-0.3, -0.25) is 0 Å². The summed E-state index contributed by atoms with van der Waals surface area (Å²) in [6.07, 6.45) is 0. The highest BCUT2D eigenvalue weighted by Crippen LogP contribution is 2.31. The van der Waals surface area contributed by atoms with E-state index in [0.29, 0.717) is 0 Å². The molecule has 0 aromatic heterocycles. The van der Waals surface area contributed by atoms with Crippen molar-refractivity contribution in [3.8, 4) is 0 Å². The Hall–Kier alpha value is -1.07. The molecule has 0 saturated heterocycles. The third-order valence-corrected chi connectivity index (χ3v) is 5.85. The predicted octanol–water partition coefficient (Wildman–Crippen LogP) is 3.73. The number of nitrogens with one attached hydrogen (secondary N) is 1. The van der Waals surface area contributed by atoms with E-state index in [1.807, 2.05) is 30.3 Å². The maximum atomic E-state index is 12.6. The molecule has 0 aliphatic carbocycles. The number of rotatable bonds is 5. The Balaban J connectivity index is 2.37. The van der Waals surface area contributed by atoms with Crippen molar-refractivity contribution in [1.82, 2.24) is 5.32 Å². The fourth-order valence-electron chi connectivity index (χ4n) is 2.11. The average molecular weight is 344 g/mol. The normalized spacial score (nSPS) is 13.1. The molecule has 0 aliphatic heterocycles. The van der Waals surface area contributed by atoms with E-state index in [9.17, 15) is 8.42 Å². The number of sulfone groups is 1. The first kappa shape index (κ1) is 16.3. The molecule has 2 aromatic carbocycles. The van der Waals surface area contributed by atoms with Gasteiger partial charge in [0.25, 0.3) is 0 Å². The zero-order valence-electron chi connectivity index (χ0n) is 11.4. The van der Waals surface area contributed by atoms with Crippen molar-refractivity contribution in [2.75, 3.05) is 12.8 Å². The van der Waals surface area contributed by atoms with E-state index < -0.39 is 9.84 Å². The van der Waals surface area contributed by atoms with Gasteiger partial charge in [-0.2, -0.15) is 0 Å². The number of halogens is 2. The highest BCUT2D eigenvalue weighted by Gasteiger charge is 2.26. The van der Waals surface area contributed by atoms with Gasteiger partial charge in [0, 0.05) is 6.04 Å². The fraction of sp³-hybridized carbons (Fsp3) is 0.200. The molecule has 0 saturated carbocycles. The van der Waals surface area contributed by atoms with E-state index in [4.69, 9.17) is 23.2 Å². The lowest BCUT2D eigenvalue weighted by Gasteiger charge is -2.17. The molecule has 0 amide bonds. The highest BCUT2D eigenvalue weighted by atomic mass is 35.5. The van der Waals surface area contributed by atoms with Crippen LogP contribution in [0.25, 0.3) is 0 Å². The molecule has 3 nitrogen and oxygen atoms in total. The van der Waals surface area contributed by atoms with Crippen LogP contribution in [-0.4, -0.2) is 21.2 Å². The second-order valence-electron chi connectivity index (χ2n) is 4.58. The molecule has 21 heavy (non-hydrogen) atoms. The summed E-state index contributed by atoms with van der Waals surface area (Å²) in [6, 6.07) is 13.7. The molecule has 6 heteroatoms. The summed E-state index contributed by atoms with van der Waals surface area (Å²) in [5, 5.41) is 3.31. The Morgan fingerprint density at radius 1 is 1.00 bits per heavy atom. The maximum Gasteiger partial charge on any atom is 0.183 e. The monoisotopic (exact) mass is 343 g/mol. The van der Waals surface area contributed by atoms with E-state index in [1.54, 1.807) is 13.1 Å². The van der Waals surface area contributed by atoms with Gasteiger partial charge in [0.15, 0.2) is 9.84 Å². The van der Waals surface area contributed by atoms with Gasteiger partial charge in [0.2, 0.25) is 0 Å². The van der Waals surface area contributed by atoms with E-state index in [-0.39, 0.29) is 26.7 Å². The molecule has 1 atom stereocenters. The second kappa shape index (κ2) is 6.79. The SMILES string of the molecule is CNC(CS(=O)(=O)c1c(Cl)cccc1Cl)c1ccccc1. The van der Waals surface area contributed by atoms with Crippen molar-refractivity contribution in [3.63, 3.8) is 0 Å². The van der Waals surface area contributed by atoms with Crippen molar-refractivity contribution in [2.45, 2.75) is 10.9 Å². The summed E-state index contributed by atoms with van der Waals surface area (Å²) >= 11 is 12.0. The minimum atomic E-state index is -3.61. The van der Waals surface area contributed by atoms with Crippen LogP contribution in [0.2, 0.25) is 10.0 Å². The molecule has 0 aliphatic rings. The third kappa shape index (κ3) is 3.77. The first-order chi connectivity index (χ1) is 9.95. The van der Waals surface area contributed by atoms with Crippen molar-refractivity contribution in [2.24, 2.45) is 0 Å². The number of hydrogen-bond donors (Lipinski definition) is 1. The first-order valence-corrected chi connectivity index (χ1v) is 8.75. The van der Waals surface area contributed by atoms with Crippen LogP contribution in [0.3, 0.4) is 0 Å². The van der Waals surface area contributed by atoms with Crippen molar-refractivity contribution in [3.05, 3.63) is 64.1 Å². The molecule has 0 radical (unpaired) electrons. The Morgan fingerprint density at radius 2 is 1.57 bits per heavy atom. The average Bonchev–Trinajstić information content (AvgIpc) is 2.45. The minimum absolute atomic E-state index is 0.00971. The van der Waals surface area contributed by atoms with Crippen LogP contribution in [-0.2, 0) is 9.84 Å². The lowest BCUT2D eigenvalue weighted by molar-refractivity contribution is 0.574. The predicted molar refractivity (Wildman–Crippen MR) is 86.8 cm³/mol. The minimum Gasteiger partial charge on any atom is -0.312 e. The number of hydrogen-bond acceptors (Lipinski definition) is 3. The van der Waals surface area contributed by atoms with Gasteiger partial charge < -0.3 is 5.32 Å². The topological polar surface area (TPSA) is 46.2 Å². The zero-order chi connectivity index (χ0) is 15.5. The van der Waals surface area contributed by atoms with Crippen LogP contribution in [0.1, 0.15) is 11.6 Å². The lowest BCUT2D eigenvalue weighted by Crippen LogP contribution is -2.25. The molecule has 2 aromatic rings. The van der Waals surface area contributed by atoms with Gasteiger partial charge in [-0.1, -0.05) is 59.6 Å². The molecule has 0 heterocycles. The van der Waals surface area contributed by atoms with Gasteiger partial charge >= 0.3 is 0 Å². The van der Waals surface area contributed by atoms with E-state index >= 15 is 0 Å². The first-order valence-electron chi connectivity index (χ1n) is 6.34. The molecule has 1 unspecified atom stereocenters. The summed E-state index contributed by atoms with van der Waals surface area (Å²) in [4.78, 5) is -0.00971. The zero-order valence-corrected chi connectivity index (χ0v) is 13.7. The summed E-state index contributed by atoms with van der Waals surface area (Å²) < 4.78 is 25.2. The fourth-order valence-corrected chi connectivity index (χ4v) is 4.91. The van der Waals surface area contributed by atoms with Crippen LogP contribution < -0.4 is 5.32 Å². The van der Waals surface area contributed by atoms with Crippen LogP contribution in [0.4, 0.5) is 0 Å². The molecule has 112 valence electrons. The van der Waals surface area contributed by atoms with Gasteiger partial charge in [-0.05, 0) is 24.7 Å². The summed E-state index contributed by atoms with van der Waals surface area (Å²) in [7, 11) is -1.88. The molecule has 0 bridgehead atoms. The van der Waals surface area contributed by atoms with Gasteiger partial charge in [0.05, 0.1) is 15.8 Å². The van der Waals surface area contributed by atoms with Gasteiger partial charge in [-0.15, -0.1) is 0 Å². The Labute approximate surface area is 134 Å². The van der Waals surface area contributed by atoms with Crippen LogP contribution in [0, 0.1) is 0 Å². The van der Waals surface area contributed by atoms with Gasteiger partial charge in [-0.25, -0.2) is 8.42 Å². The Morgan fingerprint density at radius 3 is 2.10 bits per heavy atom. The van der Waals surface area contributed by atoms with E-state index in [2.05, 4.69) is 5.32 Å². The summed E-state index contributed by atoms with van der Waals surface area (Å²) in [5.74, 6) is -0.114. The van der Waals surface area contributed by atoms with Crippen molar-refractivity contribution >= 4 is 33.0 Å². The standard InChI is InChI=1S/C15H15Cl2NO2S/c1-18-14(11-6-3-2-4-7-11)10-21(19,20)15-12(16)8-5-9-13(15)17/h2-9,14,18H,10H2,1H3. The summed E-state index contributed by atoms with van der Waals surface area (Å²) in [6.45, 7) is 0. The Bertz CT molecular complexity index is 697. The van der Waals surface area contributed by atoms with E-state index in [0.717, 1.165) is 5.56 Å². The lowest BCUT2D eigenvalue weighted by atomic mass is 10.1. The largest absolute Gasteiger partial charge is 0.312 e. The molecular weight excluding hydrogens is 329 g/mol. The molecule has 0 fully saturated rings. The van der Waals surface area contributed by atoms with Crippen LogP contribution in [0.5, 0.6) is 0 Å². The Kier molecular flexibility index (Phi) is 5.27. The van der Waals surface area contributed by atoms with E-state index in [1.165, 1.54) is 12.1 Å². The third-order valence-electron chi connectivity index (χ3n) is 3.17. The van der Waals surface area contributed by atoms with Crippen LogP contribution in [0.15, 0.2) is 53.4 Å². The van der Waals surface area contributed by atoms with Crippen LogP contribution >= 0.6 is 23.2 Å². The molecule has 2 rings (SSSR count). The molecule has 0 spiro atoms. The van der Waals surface area contributed by atoms with Gasteiger partial charge in [0.1, 0.15) is 4.90 Å². The quantitative estimate of drug-likeness (QED) is 0.899. The second-order valence-corrected chi connectivity index (χ2v) is 7.37. The van der Waals surface area contributed by atoms with Crippen molar-refractivity contribution in [1.29, 1.82) is 0 Å². The maximum absolute atomic E-state index is 12.6. The van der Waals surface area contributed by atoms with Crippen molar-refractivity contribution < 1.29 is 8.42 Å².